The van der Waals surface area contributed by atoms with Crippen molar-refractivity contribution in [3.05, 3.63) is 11.9 Å². The molecule has 0 spiro atoms. The zero-order valence-electron chi connectivity index (χ0n) is 12.8. The number of aromatic nitrogens is 2. The summed E-state index contributed by atoms with van der Waals surface area (Å²) in [6, 6.07) is -0.343. The molecule has 0 bridgehead atoms. The molecule has 1 heterocycles. The largest absolute Gasteiger partial charge is 0.493 e. The second kappa shape index (κ2) is 7.05. The molecule has 116 valence electrons. The van der Waals surface area contributed by atoms with E-state index in [1.807, 2.05) is 19.0 Å². The van der Waals surface area contributed by atoms with E-state index in [2.05, 4.69) is 10.4 Å². The van der Waals surface area contributed by atoms with Crippen molar-refractivity contribution in [3.8, 4) is 5.75 Å². The normalized spacial score (nSPS) is 13.7. The molecule has 1 unspecified atom stereocenters. The average Bonchev–Trinajstić information content (AvgIpc) is 2.75. The molecular formula is C12H24N4O3S. The SMILES string of the molecule is CNC(CS(C)(=O)=O)c1c(OC)cnn1CCN(C)C. The van der Waals surface area contributed by atoms with Crippen molar-refractivity contribution in [3.63, 3.8) is 0 Å². The number of nitrogens with zero attached hydrogens (tertiary/aromatic N) is 3. The van der Waals surface area contributed by atoms with E-state index < -0.39 is 9.84 Å². The van der Waals surface area contributed by atoms with Crippen LogP contribution in [0, 0.1) is 0 Å². The highest BCUT2D eigenvalue weighted by atomic mass is 32.2. The number of sulfone groups is 1. The van der Waals surface area contributed by atoms with Gasteiger partial charge in [-0.05, 0) is 21.1 Å². The lowest BCUT2D eigenvalue weighted by atomic mass is 10.2. The van der Waals surface area contributed by atoms with Gasteiger partial charge in [0.2, 0.25) is 0 Å². The van der Waals surface area contributed by atoms with E-state index in [0.717, 1.165) is 12.2 Å². The predicted molar refractivity (Wildman–Crippen MR) is 78.8 cm³/mol. The van der Waals surface area contributed by atoms with Crippen LogP contribution in [0.5, 0.6) is 5.75 Å². The van der Waals surface area contributed by atoms with Crippen LogP contribution in [-0.2, 0) is 16.4 Å². The minimum Gasteiger partial charge on any atom is -0.493 e. The Morgan fingerprint density at radius 2 is 2.15 bits per heavy atom. The third kappa shape index (κ3) is 4.77. The van der Waals surface area contributed by atoms with Crippen LogP contribution in [0.1, 0.15) is 11.7 Å². The van der Waals surface area contributed by atoms with Gasteiger partial charge in [-0.3, -0.25) is 4.68 Å². The van der Waals surface area contributed by atoms with Crippen LogP contribution in [0.2, 0.25) is 0 Å². The number of methoxy groups -OCH3 is 1. The molecule has 1 N–H and O–H groups in total. The lowest BCUT2D eigenvalue weighted by Gasteiger charge is -2.19. The maximum Gasteiger partial charge on any atom is 0.161 e. The van der Waals surface area contributed by atoms with Gasteiger partial charge in [0.15, 0.2) is 5.75 Å². The van der Waals surface area contributed by atoms with E-state index in [4.69, 9.17) is 4.74 Å². The van der Waals surface area contributed by atoms with E-state index >= 15 is 0 Å². The molecule has 0 radical (unpaired) electrons. The first-order valence-electron chi connectivity index (χ1n) is 6.38. The zero-order chi connectivity index (χ0) is 15.3. The highest BCUT2D eigenvalue weighted by Gasteiger charge is 2.24. The summed E-state index contributed by atoms with van der Waals surface area (Å²) in [7, 11) is 4.15. The summed E-state index contributed by atoms with van der Waals surface area (Å²) in [5.74, 6) is 0.611. The molecule has 0 aromatic carbocycles. The van der Waals surface area contributed by atoms with Crippen LogP contribution < -0.4 is 10.1 Å². The molecule has 0 aliphatic carbocycles. The minimum atomic E-state index is -3.10. The average molecular weight is 304 g/mol. The van der Waals surface area contributed by atoms with Gasteiger partial charge in [0.25, 0.3) is 0 Å². The maximum absolute atomic E-state index is 11.6. The van der Waals surface area contributed by atoms with Crippen molar-refractivity contribution in [2.75, 3.05) is 46.8 Å². The lowest BCUT2D eigenvalue weighted by Crippen LogP contribution is -2.29. The Hall–Kier alpha value is -1.12. The first-order chi connectivity index (χ1) is 9.28. The van der Waals surface area contributed by atoms with Crippen molar-refractivity contribution < 1.29 is 13.2 Å². The summed E-state index contributed by atoms with van der Waals surface area (Å²) in [6.07, 6.45) is 2.85. The van der Waals surface area contributed by atoms with E-state index in [-0.39, 0.29) is 11.8 Å². The predicted octanol–water partition coefficient (Wildman–Crippen LogP) is -0.242. The summed E-state index contributed by atoms with van der Waals surface area (Å²) in [4.78, 5) is 2.04. The van der Waals surface area contributed by atoms with Crippen molar-refractivity contribution in [1.82, 2.24) is 20.0 Å². The van der Waals surface area contributed by atoms with Gasteiger partial charge in [-0.2, -0.15) is 5.10 Å². The fourth-order valence-electron chi connectivity index (χ4n) is 1.96. The van der Waals surface area contributed by atoms with Crippen LogP contribution in [0.15, 0.2) is 6.20 Å². The molecule has 0 aliphatic heterocycles. The van der Waals surface area contributed by atoms with Gasteiger partial charge in [0, 0.05) is 12.8 Å². The molecule has 1 atom stereocenters. The lowest BCUT2D eigenvalue weighted by molar-refractivity contribution is 0.359. The highest BCUT2D eigenvalue weighted by Crippen LogP contribution is 2.25. The standard InChI is InChI=1S/C12H24N4O3S/c1-13-10(9-20(5,17)18)12-11(19-4)8-14-16(12)7-6-15(2)3/h8,10,13H,6-7,9H2,1-5H3. The van der Waals surface area contributed by atoms with Crippen molar-refractivity contribution >= 4 is 9.84 Å². The number of ether oxygens (including phenoxy) is 1. The molecular weight excluding hydrogens is 280 g/mol. The number of hydrogen-bond acceptors (Lipinski definition) is 6. The van der Waals surface area contributed by atoms with Crippen LogP contribution in [0.25, 0.3) is 0 Å². The Balaban J connectivity index is 3.07. The zero-order valence-corrected chi connectivity index (χ0v) is 13.6. The molecule has 0 fully saturated rings. The van der Waals surface area contributed by atoms with Gasteiger partial charge in [0.1, 0.15) is 9.84 Å². The molecule has 20 heavy (non-hydrogen) atoms. The summed E-state index contributed by atoms with van der Waals surface area (Å²) < 4.78 is 30.2. The first kappa shape index (κ1) is 16.9. The molecule has 1 aromatic heterocycles. The second-order valence-corrected chi connectivity index (χ2v) is 7.24. The van der Waals surface area contributed by atoms with Crippen LogP contribution in [-0.4, -0.2) is 69.9 Å². The third-order valence-electron chi connectivity index (χ3n) is 2.97. The molecule has 0 saturated carbocycles. The van der Waals surface area contributed by atoms with Crippen molar-refractivity contribution in [2.24, 2.45) is 0 Å². The first-order valence-corrected chi connectivity index (χ1v) is 8.44. The fraction of sp³-hybridized carbons (Fsp3) is 0.750. The Morgan fingerprint density at radius 1 is 1.50 bits per heavy atom. The molecule has 7 nitrogen and oxygen atoms in total. The summed E-state index contributed by atoms with van der Waals surface area (Å²) >= 11 is 0. The molecule has 0 amide bonds. The molecule has 1 rings (SSSR count). The molecule has 1 aromatic rings. The van der Waals surface area contributed by atoms with E-state index in [0.29, 0.717) is 12.3 Å². The maximum atomic E-state index is 11.6. The Morgan fingerprint density at radius 3 is 2.60 bits per heavy atom. The van der Waals surface area contributed by atoms with Gasteiger partial charge in [-0.1, -0.05) is 0 Å². The Labute approximate surface area is 120 Å². The van der Waals surface area contributed by atoms with Crippen molar-refractivity contribution in [2.45, 2.75) is 12.6 Å². The monoisotopic (exact) mass is 304 g/mol. The Bertz CT molecular complexity index is 525. The van der Waals surface area contributed by atoms with Gasteiger partial charge in [-0.25, -0.2) is 8.42 Å². The van der Waals surface area contributed by atoms with Gasteiger partial charge in [0.05, 0.1) is 37.3 Å². The summed E-state index contributed by atoms with van der Waals surface area (Å²) in [6.45, 7) is 1.49. The van der Waals surface area contributed by atoms with Crippen molar-refractivity contribution in [1.29, 1.82) is 0 Å². The fourth-order valence-corrected chi connectivity index (χ4v) is 2.89. The number of likely N-dealkylation sites (N-methyl/N-ethyl adjacent to an activating group) is 1. The number of nitrogens with one attached hydrogen (secondary N) is 1. The second-order valence-electron chi connectivity index (χ2n) is 5.06. The quantitative estimate of drug-likeness (QED) is 0.714. The van der Waals surface area contributed by atoms with Gasteiger partial charge in [-0.15, -0.1) is 0 Å². The topological polar surface area (TPSA) is 76.5 Å². The van der Waals surface area contributed by atoms with E-state index in [1.165, 1.54) is 6.26 Å². The van der Waals surface area contributed by atoms with Gasteiger partial charge < -0.3 is 15.0 Å². The van der Waals surface area contributed by atoms with Crippen LogP contribution >= 0.6 is 0 Å². The van der Waals surface area contributed by atoms with Gasteiger partial charge >= 0.3 is 0 Å². The van der Waals surface area contributed by atoms with Crippen LogP contribution in [0.4, 0.5) is 0 Å². The summed E-state index contributed by atoms with van der Waals surface area (Å²) in [5.41, 5.74) is 0.766. The molecule has 0 saturated heterocycles. The Kier molecular flexibility index (Phi) is 5.97. The number of rotatable bonds is 8. The third-order valence-corrected chi connectivity index (χ3v) is 3.91. The van der Waals surface area contributed by atoms with E-state index in [1.54, 1.807) is 25.0 Å². The molecule has 0 aliphatic rings. The molecule has 8 heteroatoms. The smallest absolute Gasteiger partial charge is 0.161 e. The van der Waals surface area contributed by atoms with Crippen LogP contribution in [0.3, 0.4) is 0 Å². The minimum absolute atomic E-state index is 0.00746. The summed E-state index contributed by atoms with van der Waals surface area (Å²) in [5, 5.41) is 7.32. The highest BCUT2D eigenvalue weighted by molar-refractivity contribution is 7.90. The number of hydrogen-bond donors (Lipinski definition) is 1. The van der Waals surface area contributed by atoms with E-state index in [9.17, 15) is 8.42 Å².